The van der Waals surface area contributed by atoms with Crippen LogP contribution in [0.1, 0.15) is 5.56 Å². The summed E-state index contributed by atoms with van der Waals surface area (Å²) in [5.74, 6) is 2.92. The highest BCUT2D eigenvalue weighted by Crippen LogP contribution is 2.36. The van der Waals surface area contributed by atoms with E-state index < -0.39 is 6.10 Å². The van der Waals surface area contributed by atoms with Crippen molar-refractivity contribution in [3.8, 4) is 34.5 Å². The van der Waals surface area contributed by atoms with Gasteiger partial charge in [0.2, 0.25) is 5.75 Å². The number of nitrogens with one attached hydrogen (secondary N) is 1. The second kappa shape index (κ2) is 12.4. The van der Waals surface area contributed by atoms with Gasteiger partial charge in [0.15, 0.2) is 18.1 Å². The molecule has 0 saturated heterocycles. The Kier molecular flexibility index (Phi) is 8.99. The first kappa shape index (κ1) is 24.7. The maximum Gasteiger partial charge on any atom is 0.258 e. The van der Waals surface area contributed by atoms with Crippen LogP contribution >= 0.6 is 0 Å². The normalized spacial score (nSPS) is 11.3. The van der Waals surface area contributed by atoms with E-state index in [-0.39, 0.29) is 25.7 Å². The van der Waals surface area contributed by atoms with Gasteiger partial charge in [0.05, 0.1) is 14.2 Å². The Morgan fingerprint density at radius 2 is 1.41 bits per heavy atom. The van der Waals surface area contributed by atoms with Crippen molar-refractivity contribution in [2.75, 3.05) is 34.0 Å². The van der Waals surface area contributed by atoms with Crippen molar-refractivity contribution in [2.45, 2.75) is 13.0 Å². The van der Waals surface area contributed by atoms with Crippen LogP contribution in [0.2, 0.25) is 0 Å². The van der Waals surface area contributed by atoms with Crippen molar-refractivity contribution in [3.63, 3.8) is 0 Å². The Labute approximate surface area is 199 Å². The number of aryl methyl sites for hydroxylation is 1. The highest BCUT2D eigenvalue weighted by molar-refractivity contribution is 5.77. The summed E-state index contributed by atoms with van der Waals surface area (Å²) in [6, 6.07) is 19.9. The fraction of sp³-hybridized carbons (Fsp3) is 0.269. The van der Waals surface area contributed by atoms with Gasteiger partial charge < -0.3 is 34.1 Å². The van der Waals surface area contributed by atoms with Crippen LogP contribution in [-0.2, 0) is 4.79 Å². The fourth-order valence-corrected chi connectivity index (χ4v) is 2.98. The summed E-state index contributed by atoms with van der Waals surface area (Å²) in [6.07, 6.45) is -0.934. The highest BCUT2D eigenvalue weighted by atomic mass is 16.5. The van der Waals surface area contributed by atoms with E-state index in [4.69, 9.17) is 23.7 Å². The summed E-state index contributed by atoms with van der Waals surface area (Å²) in [5, 5.41) is 12.8. The number of carbonyl (C=O) groups excluding carboxylic acids is 1. The van der Waals surface area contributed by atoms with Crippen molar-refractivity contribution in [3.05, 3.63) is 72.3 Å². The topological polar surface area (TPSA) is 95.5 Å². The van der Waals surface area contributed by atoms with E-state index in [1.807, 2.05) is 31.2 Å². The molecule has 3 aromatic rings. The molecule has 0 heterocycles. The molecule has 0 aliphatic rings. The highest BCUT2D eigenvalue weighted by Gasteiger charge is 2.14. The molecule has 0 radical (unpaired) electrons. The number of methoxy groups -OCH3 is 2. The lowest BCUT2D eigenvalue weighted by Gasteiger charge is -2.17. The van der Waals surface area contributed by atoms with Crippen LogP contribution in [0.15, 0.2) is 66.7 Å². The Morgan fingerprint density at radius 3 is 2.00 bits per heavy atom. The number of hydrogen-bond acceptors (Lipinski definition) is 7. The molecule has 0 spiro atoms. The molecule has 1 amide bonds. The van der Waals surface area contributed by atoms with Gasteiger partial charge in [0.1, 0.15) is 30.0 Å². The SMILES string of the molecule is COc1cccc(OC)c1OCC(O)CNC(=O)COc1ccc(Oc2ccc(C)cc2)cc1. The number of aliphatic hydroxyl groups excluding tert-OH is 1. The Balaban J connectivity index is 1.39. The van der Waals surface area contributed by atoms with Gasteiger partial charge in [0.25, 0.3) is 5.91 Å². The van der Waals surface area contributed by atoms with Crippen molar-refractivity contribution >= 4 is 5.91 Å². The molecule has 3 rings (SSSR count). The number of amides is 1. The summed E-state index contributed by atoms with van der Waals surface area (Å²) in [5.41, 5.74) is 1.16. The monoisotopic (exact) mass is 467 g/mol. The van der Waals surface area contributed by atoms with Gasteiger partial charge in [-0.25, -0.2) is 0 Å². The van der Waals surface area contributed by atoms with Gasteiger partial charge in [-0.3, -0.25) is 4.79 Å². The zero-order valence-corrected chi connectivity index (χ0v) is 19.4. The molecule has 8 nitrogen and oxygen atoms in total. The first-order valence-corrected chi connectivity index (χ1v) is 10.7. The van der Waals surface area contributed by atoms with Crippen LogP contribution in [0.5, 0.6) is 34.5 Å². The predicted octanol–water partition coefficient (Wildman–Crippen LogP) is 3.74. The number of carbonyl (C=O) groups is 1. The molecule has 0 aliphatic heterocycles. The predicted molar refractivity (Wildman–Crippen MR) is 127 cm³/mol. The minimum atomic E-state index is -0.934. The maximum atomic E-state index is 12.1. The lowest BCUT2D eigenvalue weighted by atomic mass is 10.2. The maximum absolute atomic E-state index is 12.1. The first-order chi connectivity index (χ1) is 16.5. The third-order valence-corrected chi connectivity index (χ3v) is 4.79. The second-order valence-corrected chi connectivity index (χ2v) is 7.44. The van der Waals surface area contributed by atoms with E-state index in [1.165, 1.54) is 14.2 Å². The van der Waals surface area contributed by atoms with Crippen molar-refractivity contribution in [1.82, 2.24) is 5.32 Å². The fourth-order valence-electron chi connectivity index (χ4n) is 2.98. The van der Waals surface area contributed by atoms with Gasteiger partial charge in [-0.05, 0) is 55.5 Å². The Hall–Kier alpha value is -3.91. The van der Waals surface area contributed by atoms with Crippen LogP contribution in [0.25, 0.3) is 0 Å². The molecule has 0 aliphatic carbocycles. The number of ether oxygens (including phenoxy) is 5. The lowest BCUT2D eigenvalue weighted by molar-refractivity contribution is -0.123. The van der Waals surface area contributed by atoms with Gasteiger partial charge >= 0.3 is 0 Å². The minimum absolute atomic E-state index is 0.00296. The molecular weight excluding hydrogens is 438 g/mol. The molecule has 3 aromatic carbocycles. The molecule has 0 aromatic heterocycles. The summed E-state index contributed by atoms with van der Waals surface area (Å²) in [7, 11) is 3.03. The molecule has 34 heavy (non-hydrogen) atoms. The van der Waals surface area contributed by atoms with E-state index in [2.05, 4.69) is 5.32 Å². The van der Waals surface area contributed by atoms with Crippen LogP contribution in [0.4, 0.5) is 0 Å². The molecule has 0 saturated carbocycles. The molecule has 1 unspecified atom stereocenters. The molecule has 1 atom stereocenters. The van der Waals surface area contributed by atoms with Crippen LogP contribution in [0.3, 0.4) is 0 Å². The Bertz CT molecular complexity index is 1030. The standard InChI is InChI=1S/C26H29NO7/c1-18-7-9-21(10-8-18)34-22-13-11-20(12-14-22)32-17-25(29)27-15-19(28)16-33-26-23(30-2)5-4-6-24(26)31-3/h4-14,19,28H,15-17H2,1-3H3,(H,27,29). The minimum Gasteiger partial charge on any atom is -0.493 e. The number of benzene rings is 3. The molecule has 0 bridgehead atoms. The zero-order chi connectivity index (χ0) is 24.3. The Morgan fingerprint density at radius 1 is 0.853 bits per heavy atom. The molecular formula is C26H29NO7. The van der Waals surface area contributed by atoms with E-state index in [0.717, 1.165) is 11.3 Å². The summed E-state index contributed by atoms with van der Waals surface area (Å²) in [4.78, 5) is 12.1. The quantitative estimate of drug-likeness (QED) is 0.419. The number of aliphatic hydroxyl groups is 1. The number of rotatable bonds is 12. The molecule has 0 fully saturated rings. The van der Waals surface area contributed by atoms with Crippen molar-refractivity contribution in [2.24, 2.45) is 0 Å². The zero-order valence-electron chi connectivity index (χ0n) is 19.4. The average molecular weight is 468 g/mol. The molecule has 2 N–H and O–H groups in total. The van der Waals surface area contributed by atoms with Crippen LogP contribution in [0, 0.1) is 6.92 Å². The average Bonchev–Trinajstić information content (AvgIpc) is 2.86. The van der Waals surface area contributed by atoms with Crippen molar-refractivity contribution < 1.29 is 33.6 Å². The number of hydrogen-bond donors (Lipinski definition) is 2. The summed E-state index contributed by atoms with van der Waals surface area (Å²) >= 11 is 0. The van der Waals surface area contributed by atoms with Gasteiger partial charge in [0, 0.05) is 6.54 Å². The second-order valence-electron chi connectivity index (χ2n) is 7.44. The molecule has 180 valence electrons. The van der Waals surface area contributed by atoms with E-state index in [9.17, 15) is 9.90 Å². The first-order valence-electron chi connectivity index (χ1n) is 10.7. The van der Waals surface area contributed by atoms with Gasteiger partial charge in [-0.1, -0.05) is 23.8 Å². The van der Waals surface area contributed by atoms with E-state index in [1.54, 1.807) is 42.5 Å². The smallest absolute Gasteiger partial charge is 0.258 e. The molecule has 8 heteroatoms. The lowest BCUT2D eigenvalue weighted by Crippen LogP contribution is -2.37. The van der Waals surface area contributed by atoms with Crippen molar-refractivity contribution in [1.29, 1.82) is 0 Å². The summed E-state index contributed by atoms with van der Waals surface area (Å²) < 4.78 is 27.4. The number of para-hydroxylation sites is 1. The van der Waals surface area contributed by atoms with Gasteiger partial charge in [-0.2, -0.15) is 0 Å². The van der Waals surface area contributed by atoms with E-state index in [0.29, 0.717) is 28.7 Å². The van der Waals surface area contributed by atoms with Crippen LogP contribution < -0.4 is 29.0 Å². The third kappa shape index (κ3) is 7.31. The van der Waals surface area contributed by atoms with E-state index >= 15 is 0 Å². The van der Waals surface area contributed by atoms with Gasteiger partial charge in [-0.15, -0.1) is 0 Å². The largest absolute Gasteiger partial charge is 0.493 e. The third-order valence-electron chi connectivity index (χ3n) is 4.79. The summed E-state index contributed by atoms with van der Waals surface area (Å²) in [6.45, 7) is 1.77. The van der Waals surface area contributed by atoms with Crippen LogP contribution in [-0.4, -0.2) is 51.1 Å².